The summed E-state index contributed by atoms with van der Waals surface area (Å²) in [4.78, 5) is 4.28. The van der Waals surface area contributed by atoms with Gasteiger partial charge in [-0.3, -0.25) is 0 Å². The minimum atomic E-state index is -3.44. The number of nitrogens with zero attached hydrogens (tertiary/aromatic N) is 1. The Labute approximate surface area is 103 Å². The molecule has 0 aromatic carbocycles. The maximum atomic E-state index is 12.0. The summed E-state index contributed by atoms with van der Waals surface area (Å²) in [6, 6.07) is 2.95. The third kappa shape index (κ3) is 3.98. The second-order valence-electron chi connectivity index (χ2n) is 3.84. The first-order chi connectivity index (χ1) is 7.99. The van der Waals surface area contributed by atoms with Crippen LogP contribution in [0.3, 0.4) is 0 Å². The van der Waals surface area contributed by atoms with Crippen LogP contribution in [0.25, 0.3) is 0 Å². The lowest BCUT2D eigenvalue weighted by Crippen LogP contribution is -2.32. The van der Waals surface area contributed by atoms with Gasteiger partial charge in [-0.15, -0.1) is 0 Å². The van der Waals surface area contributed by atoms with Crippen LogP contribution in [0.5, 0.6) is 0 Å². The molecule has 5 nitrogen and oxygen atoms in total. The van der Waals surface area contributed by atoms with Crippen LogP contribution in [0.15, 0.2) is 23.2 Å². The molecule has 0 saturated carbocycles. The summed E-state index contributed by atoms with van der Waals surface area (Å²) in [6.45, 7) is 6.41. The fourth-order valence-corrected chi connectivity index (χ4v) is 2.61. The second-order valence-corrected chi connectivity index (χ2v) is 5.55. The maximum Gasteiger partial charge on any atom is 0.240 e. The average Bonchev–Trinajstić information content (AvgIpc) is 2.29. The number of sulfonamides is 1. The highest BCUT2D eigenvalue weighted by Crippen LogP contribution is 2.13. The van der Waals surface area contributed by atoms with Crippen LogP contribution in [0.1, 0.15) is 27.2 Å². The van der Waals surface area contributed by atoms with E-state index in [1.54, 1.807) is 0 Å². The minimum Gasteiger partial charge on any atom is -0.370 e. The van der Waals surface area contributed by atoms with Gasteiger partial charge in [-0.25, -0.2) is 18.1 Å². The summed E-state index contributed by atoms with van der Waals surface area (Å²) in [5.74, 6) is 0.569. The highest BCUT2D eigenvalue weighted by Gasteiger charge is 2.16. The lowest BCUT2D eigenvalue weighted by atomic mass is 10.3. The van der Waals surface area contributed by atoms with Gasteiger partial charge >= 0.3 is 0 Å². The van der Waals surface area contributed by atoms with E-state index in [-0.39, 0.29) is 10.9 Å². The summed E-state index contributed by atoms with van der Waals surface area (Å²) in [5, 5.41) is 2.98. The van der Waals surface area contributed by atoms with E-state index < -0.39 is 10.0 Å². The summed E-state index contributed by atoms with van der Waals surface area (Å²) >= 11 is 0. The van der Waals surface area contributed by atoms with Crippen molar-refractivity contribution in [2.75, 3.05) is 11.9 Å². The van der Waals surface area contributed by atoms with Crippen LogP contribution in [0, 0.1) is 0 Å². The molecule has 1 rings (SSSR count). The van der Waals surface area contributed by atoms with Gasteiger partial charge in [-0.1, -0.05) is 6.92 Å². The van der Waals surface area contributed by atoms with Crippen LogP contribution in [-0.2, 0) is 10.0 Å². The summed E-state index contributed by atoms with van der Waals surface area (Å²) in [6.07, 6.45) is 2.24. The van der Waals surface area contributed by atoms with Crippen LogP contribution < -0.4 is 10.0 Å². The number of pyridine rings is 1. The van der Waals surface area contributed by atoms with Gasteiger partial charge in [-0.2, -0.15) is 0 Å². The van der Waals surface area contributed by atoms with E-state index in [2.05, 4.69) is 15.0 Å². The number of hydrogen-bond acceptors (Lipinski definition) is 4. The Morgan fingerprint density at radius 2 is 2.12 bits per heavy atom. The van der Waals surface area contributed by atoms with Crippen molar-refractivity contribution in [3.05, 3.63) is 18.3 Å². The molecule has 1 aromatic rings. The summed E-state index contributed by atoms with van der Waals surface area (Å²) in [7, 11) is -3.44. The lowest BCUT2D eigenvalue weighted by molar-refractivity contribution is 0.556. The first kappa shape index (κ1) is 13.9. The average molecular weight is 257 g/mol. The second kappa shape index (κ2) is 5.97. The van der Waals surface area contributed by atoms with E-state index in [4.69, 9.17) is 0 Å². The number of anilines is 1. The Morgan fingerprint density at radius 3 is 2.71 bits per heavy atom. The van der Waals surface area contributed by atoms with Crippen molar-refractivity contribution in [3.63, 3.8) is 0 Å². The molecule has 1 unspecified atom stereocenters. The number of rotatable bonds is 6. The fraction of sp³-hybridized carbons (Fsp3) is 0.545. The maximum absolute atomic E-state index is 12.0. The number of aromatic nitrogens is 1. The molecule has 1 aromatic heterocycles. The molecule has 2 N–H and O–H groups in total. The monoisotopic (exact) mass is 257 g/mol. The normalized spacial score (nSPS) is 13.4. The topological polar surface area (TPSA) is 71.1 Å². The van der Waals surface area contributed by atoms with Gasteiger partial charge in [0.15, 0.2) is 0 Å². The van der Waals surface area contributed by atoms with E-state index in [1.165, 1.54) is 18.3 Å². The largest absolute Gasteiger partial charge is 0.370 e. The molecule has 0 aliphatic heterocycles. The number of hydrogen-bond donors (Lipinski definition) is 2. The molecule has 96 valence electrons. The van der Waals surface area contributed by atoms with Crippen molar-refractivity contribution in [3.8, 4) is 0 Å². The Balaban J connectivity index is 2.94. The highest BCUT2D eigenvalue weighted by atomic mass is 32.2. The van der Waals surface area contributed by atoms with Crippen molar-refractivity contribution >= 4 is 15.8 Å². The SMILES string of the molecule is CCNc1cc(S(=O)(=O)NC(C)CC)ccn1. The molecule has 0 bridgehead atoms. The van der Waals surface area contributed by atoms with Crippen LogP contribution in [-0.4, -0.2) is 26.0 Å². The molecule has 17 heavy (non-hydrogen) atoms. The molecular weight excluding hydrogens is 238 g/mol. The van der Waals surface area contributed by atoms with Gasteiger partial charge in [-0.05, 0) is 26.3 Å². The molecular formula is C11H19N3O2S. The van der Waals surface area contributed by atoms with Crippen molar-refractivity contribution in [1.82, 2.24) is 9.71 Å². The van der Waals surface area contributed by atoms with Crippen molar-refractivity contribution in [2.24, 2.45) is 0 Å². The van der Waals surface area contributed by atoms with Crippen LogP contribution in [0.4, 0.5) is 5.82 Å². The van der Waals surface area contributed by atoms with Gasteiger partial charge in [0.05, 0.1) is 4.90 Å². The van der Waals surface area contributed by atoms with Crippen molar-refractivity contribution in [1.29, 1.82) is 0 Å². The molecule has 1 heterocycles. The predicted octanol–water partition coefficient (Wildman–Crippen LogP) is 1.59. The van der Waals surface area contributed by atoms with Crippen LogP contribution in [0.2, 0.25) is 0 Å². The van der Waals surface area contributed by atoms with Gasteiger partial charge < -0.3 is 5.32 Å². The highest BCUT2D eigenvalue weighted by molar-refractivity contribution is 7.89. The molecule has 0 aliphatic carbocycles. The standard InChI is InChI=1S/C11H19N3O2S/c1-4-9(3)14-17(15,16)10-6-7-13-11(8-10)12-5-2/h6-9,14H,4-5H2,1-3H3,(H,12,13). The molecule has 1 atom stereocenters. The van der Waals surface area contributed by atoms with Crippen molar-refractivity contribution < 1.29 is 8.42 Å². The molecule has 0 radical (unpaired) electrons. The zero-order valence-corrected chi connectivity index (χ0v) is 11.2. The Hall–Kier alpha value is -1.14. The zero-order chi connectivity index (χ0) is 12.9. The van der Waals surface area contributed by atoms with Gasteiger partial charge in [0.1, 0.15) is 5.82 Å². The molecule has 0 spiro atoms. The third-order valence-electron chi connectivity index (χ3n) is 2.37. The smallest absolute Gasteiger partial charge is 0.240 e. The van der Waals surface area contributed by atoms with Gasteiger partial charge in [0.25, 0.3) is 0 Å². The Bertz CT molecular complexity index is 460. The van der Waals surface area contributed by atoms with Gasteiger partial charge in [0.2, 0.25) is 10.0 Å². The quantitative estimate of drug-likeness (QED) is 0.812. The predicted molar refractivity (Wildman–Crippen MR) is 68.5 cm³/mol. The summed E-state index contributed by atoms with van der Waals surface area (Å²) < 4.78 is 26.6. The molecule has 6 heteroatoms. The van der Waals surface area contributed by atoms with Gasteiger partial charge in [0, 0.05) is 24.8 Å². The molecule has 0 fully saturated rings. The third-order valence-corrected chi connectivity index (χ3v) is 3.96. The van der Waals surface area contributed by atoms with E-state index in [9.17, 15) is 8.42 Å². The first-order valence-corrected chi connectivity index (χ1v) is 7.20. The van der Waals surface area contributed by atoms with E-state index in [0.29, 0.717) is 12.4 Å². The van der Waals surface area contributed by atoms with E-state index in [1.807, 2.05) is 20.8 Å². The summed E-state index contributed by atoms with van der Waals surface area (Å²) in [5.41, 5.74) is 0. The first-order valence-electron chi connectivity index (χ1n) is 5.71. The van der Waals surface area contributed by atoms with E-state index in [0.717, 1.165) is 6.42 Å². The Kier molecular flexibility index (Phi) is 4.89. The zero-order valence-electron chi connectivity index (χ0n) is 10.4. The lowest BCUT2D eigenvalue weighted by Gasteiger charge is -2.12. The minimum absolute atomic E-state index is 0.0734. The number of nitrogens with one attached hydrogen (secondary N) is 2. The van der Waals surface area contributed by atoms with Crippen LogP contribution >= 0.6 is 0 Å². The van der Waals surface area contributed by atoms with E-state index >= 15 is 0 Å². The molecule has 0 saturated heterocycles. The Morgan fingerprint density at radius 1 is 1.41 bits per heavy atom. The fourth-order valence-electron chi connectivity index (χ4n) is 1.27. The molecule has 0 amide bonds. The van der Waals surface area contributed by atoms with Crippen molar-refractivity contribution in [2.45, 2.75) is 38.1 Å². The molecule has 0 aliphatic rings.